The Kier molecular flexibility index (Phi) is 11.2. The molecule has 0 aliphatic carbocycles. The van der Waals surface area contributed by atoms with E-state index in [2.05, 4.69) is 23.8 Å². The maximum Gasteiger partial charge on any atom is 0.305 e. The molecule has 102 valence electrons. The van der Waals surface area contributed by atoms with E-state index in [4.69, 9.17) is 0 Å². The lowest BCUT2D eigenvalue weighted by Crippen LogP contribution is -2.07. The molecule has 3 heteroatoms. The molecule has 1 atom stereocenters. The van der Waals surface area contributed by atoms with E-state index in [1.165, 1.54) is 13.5 Å². The third-order valence-electron chi connectivity index (χ3n) is 2.35. The molecule has 0 saturated carbocycles. The van der Waals surface area contributed by atoms with Gasteiger partial charge >= 0.3 is 5.97 Å². The molecular formula is C15H24O3. The van der Waals surface area contributed by atoms with Crippen molar-refractivity contribution in [2.75, 3.05) is 7.11 Å². The molecule has 18 heavy (non-hydrogen) atoms. The Hall–Kier alpha value is -1.35. The number of ether oxygens (including phenoxy) is 1. The smallest absolute Gasteiger partial charge is 0.305 e. The van der Waals surface area contributed by atoms with Crippen LogP contribution in [0.5, 0.6) is 0 Å². The largest absolute Gasteiger partial charge is 0.469 e. The summed E-state index contributed by atoms with van der Waals surface area (Å²) in [4.78, 5) is 10.8. The monoisotopic (exact) mass is 252 g/mol. The second kappa shape index (κ2) is 12.1. The highest BCUT2D eigenvalue weighted by Gasteiger charge is 2.04. The van der Waals surface area contributed by atoms with Gasteiger partial charge in [-0.25, -0.2) is 0 Å². The van der Waals surface area contributed by atoms with Crippen LogP contribution in [0.1, 0.15) is 39.0 Å². The van der Waals surface area contributed by atoms with Crippen LogP contribution in [0.25, 0.3) is 0 Å². The Bertz CT molecular complexity index is 290. The zero-order valence-electron chi connectivity index (χ0n) is 11.3. The van der Waals surface area contributed by atoms with Gasteiger partial charge in [0.15, 0.2) is 0 Å². The zero-order chi connectivity index (χ0) is 13.6. The lowest BCUT2D eigenvalue weighted by molar-refractivity contribution is -0.141. The number of carbonyl (C=O) groups is 1. The van der Waals surface area contributed by atoms with E-state index >= 15 is 0 Å². The number of rotatable bonds is 9. The van der Waals surface area contributed by atoms with E-state index in [1.54, 1.807) is 12.2 Å². The van der Waals surface area contributed by atoms with E-state index in [1.807, 2.05) is 12.2 Å². The minimum Gasteiger partial charge on any atom is -0.469 e. The van der Waals surface area contributed by atoms with Gasteiger partial charge in [0.2, 0.25) is 0 Å². The maximum absolute atomic E-state index is 10.8. The van der Waals surface area contributed by atoms with Crippen molar-refractivity contribution in [2.45, 2.75) is 45.1 Å². The second-order valence-corrected chi connectivity index (χ2v) is 3.99. The first kappa shape index (κ1) is 16.6. The van der Waals surface area contributed by atoms with Crippen LogP contribution < -0.4 is 0 Å². The molecule has 0 aliphatic rings. The zero-order valence-corrected chi connectivity index (χ0v) is 11.3. The number of allylic oxidation sites excluding steroid dienone is 5. The van der Waals surface area contributed by atoms with E-state index in [-0.39, 0.29) is 12.4 Å². The van der Waals surface area contributed by atoms with Crippen LogP contribution in [0.3, 0.4) is 0 Å². The molecule has 0 aromatic carbocycles. The first-order valence-corrected chi connectivity index (χ1v) is 6.44. The number of aliphatic hydroxyl groups excluding tert-OH is 1. The van der Waals surface area contributed by atoms with Gasteiger partial charge in [-0.1, -0.05) is 49.8 Å². The molecule has 0 rings (SSSR count). The Morgan fingerprint density at radius 1 is 1.28 bits per heavy atom. The van der Waals surface area contributed by atoms with Crippen molar-refractivity contribution >= 4 is 5.97 Å². The first-order valence-electron chi connectivity index (χ1n) is 6.44. The van der Waals surface area contributed by atoms with Gasteiger partial charge in [0.1, 0.15) is 0 Å². The molecule has 3 nitrogen and oxygen atoms in total. The highest BCUT2D eigenvalue weighted by Crippen LogP contribution is 2.00. The van der Waals surface area contributed by atoms with Gasteiger partial charge in [0.25, 0.3) is 0 Å². The van der Waals surface area contributed by atoms with Crippen molar-refractivity contribution < 1.29 is 14.6 Å². The number of carbonyl (C=O) groups excluding carboxylic acids is 1. The molecule has 1 unspecified atom stereocenters. The molecule has 0 amide bonds. The molecule has 0 bridgehead atoms. The van der Waals surface area contributed by atoms with Crippen LogP contribution in [0, 0.1) is 0 Å². The van der Waals surface area contributed by atoms with Crippen molar-refractivity contribution in [1.29, 1.82) is 0 Å². The van der Waals surface area contributed by atoms with E-state index < -0.39 is 6.10 Å². The molecular weight excluding hydrogens is 228 g/mol. The van der Waals surface area contributed by atoms with Crippen molar-refractivity contribution in [3.63, 3.8) is 0 Å². The summed E-state index contributed by atoms with van der Waals surface area (Å²) in [7, 11) is 1.35. The van der Waals surface area contributed by atoms with Crippen LogP contribution >= 0.6 is 0 Å². The topological polar surface area (TPSA) is 46.5 Å². The average Bonchev–Trinajstić information content (AvgIpc) is 2.39. The fraction of sp³-hybridized carbons (Fsp3) is 0.533. The highest BCUT2D eigenvalue weighted by atomic mass is 16.5. The summed E-state index contributed by atoms with van der Waals surface area (Å²) < 4.78 is 4.49. The van der Waals surface area contributed by atoms with Crippen molar-refractivity contribution in [3.05, 3.63) is 36.5 Å². The summed E-state index contributed by atoms with van der Waals surface area (Å²) in [5, 5.41) is 9.52. The van der Waals surface area contributed by atoms with Crippen LogP contribution in [0.2, 0.25) is 0 Å². The van der Waals surface area contributed by atoms with Crippen molar-refractivity contribution in [1.82, 2.24) is 0 Å². The van der Waals surface area contributed by atoms with E-state index in [0.717, 1.165) is 12.8 Å². The van der Waals surface area contributed by atoms with Gasteiger partial charge in [-0.3, -0.25) is 4.79 Å². The van der Waals surface area contributed by atoms with Gasteiger partial charge in [-0.15, -0.1) is 0 Å². The van der Waals surface area contributed by atoms with E-state index in [9.17, 15) is 9.90 Å². The normalized spacial score (nSPS) is 13.7. The molecule has 1 N–H and O–H groups in total. The third-order valence-corrected chi connectivity index (χ3v) is 2.35. The van der Waals surface area contributed by atoms with Crippen LogP contribution in [-0.4, -0.2) is 24.3 Å². The van der Waals surface area contributed by atoms with Crippen LogP contribution in [0.4, 0.5) is 0 Å². The average molecular weight is 252 g/mol. The molecule has 0 heterocycles. The van der Waals surface area contributed by atoms with Crippen LogP contribution in [0.15, 0.2) is 36.5 Å². The predicted octanol–water partition coefficient (Wildman–Crippen LogP) is 3.16. The fourth-order valence-corrected chi connectivity index (χ4v) is 1.27. The highest BCUT2D eigenvalue weighted by molar-refractivity contribution is 5.69. The second-order valence-electron chi connectivity index (χ2n) is 3.99. The fourth-order valence-electron chi connectivity index (χ4n) is 1.27. The lowest BCUT2D eigenvalue weighted by Gasteiger charge is -2.02. The molecule has 0 spiro atoms. The Balaban J connectivity index is 3.67. The number of methoxy groups -OCH3 is 1. The van der Waals surface area contributed by atoms with Crippen molar-refractivity contribution in [3.8, 4) is 0 Å². The molecule has 0 aliphatic heterocycles. The number of aliphatic hydroxyl groups is 1. The van der Waals surface area contributed by atoms with Crippen LogP contribution in [-0.2, 0) is 9.53 Å². The predicted molar refractivity (Wildman–Crippen MR) is 74.2 cm³/mol. The molecule has 0 aromatic heterocycles. The summed E-state index contributed by atoms with van der Waals surface area (Å²) in [6, 6.07) is 0. The Morgan fingerprint density at radius 2 is 2.06 bits per heavy atom. The molecule has 0 fully saturated rings. The standard InChI is InChI=1S/C15H24O3/c1-3-4-5-6-7-8-9-10-11-14(16)12-13-15(17)18-2/h5-6,8-11,14,16H,3-4,7,12-13H2,1-2H3. The summed E-state index contributed by atoms with van der Waals surface area (Å²) in [6.07, 6.45) is 14.9. The Morgan fingerprint density at radius 3 is 2.72 bits per heavy atom. The van der Waals surface area contributed by atoms with Gasteiger partial charge in [-0.2, -0.15) is 0 Å². The number of esters is 1. The molecule has 0 aromatic rings. The summed E-state index contributed by atoms with van der Waals surface area (Å²) in [5.41, 5.74) is 0. The SMILES string of the molecule is CCCC=CCC=CC=CC(O)CCC(=O)OC. The van der Waals surface area contributed by atoms with Gasteiger partial charge in [0, 0.05) is 6.42 Å². The number of hydrogen-bond donors (Lipinski definition) is 1. The van der Waals surface area contributed by atoms with E-state index in [0.29, 0.717) is 6.42 Å². The first-order chi connectivity index (χ1) is 8.70. The number of unbranched alkanes of at least 4 members (excludes halogenated alkanes) is 1. The summed E-state index contributed by atoms with van der Waals surface area (Å²) in [6.45, 7) is 2.15. The maximum atomic E-state index is 10.8. The molecule has 0 radical (unpaired) electrons. The summed E-state index contributed by atoms with van der Waals surface area (Å²) in [5.74, 6) is -0.293. The van der Waals surface area contributed by atoms with Gasteiger partial charge < -0.3 is 9.84 Å². The minimum atomic E-state index is -0.593. The van der Waals surface area contributed by atoms with Gasteiger partial charge in [-0.05, 0) is 19.3 Å². The minimum absolute atomic E-state index is 0.242. The third kappa shape index (κ3) is 11.1. The molecule has 0 saturated heterocycles. The summed E-state index contributed by atoms with van der Waals surface area (Å²) >= 11 is 0. The van der Waals surface area contributed by atoms with Crippen molar-refractivity contribution in [2.24, 2.45) is 0 Å². The quantitative estimate of drug-likeness (QED) is 0.389. The Labute approximate surface area is 110 Å². The lowest BCUT2D eigenvalue weighted by atomic mass is 10.2. The number of hydrogen-bond acceptors (Lipinski definition) is 3. The van der Waals surface area contributed by atoms with Gasteiger partial charge in [0.05, 0.1) is 13.2 Å².